The molecule has 2 heterocycles. The van der Waals surface area contributed by atoms with Crippen LogP contribution in [0.2, 0.25) is 0 Å². The van der Waals surface area contributed by atoms with Crippen molar-refractivity contribution in [1.82, 2.24) is 10.6 Å². The summed E-state index contributed by atoms with van der Waals surface area (Å²) < 4.78 is 58.2. The van der Waals surface area contributed by atoms with E-state index in [0.29, 0.717) is 35.1 Å². The van der Waals surface area contributed by atoms with Gasteiger partial charge in [-0.1, -0.05) is 60.7 Å². The predicted molar refractivity (Wildman–Crippen MR) is 159 cm³/mol. The first-order valence-electron chi connectivity index (χ1n) is 13.5. The zero-order valence-electron chi connectivity index (χ0n) is 22.4. The molecule has 4 aromatic rings. The Bertz CT molecular complexity index is 1800. The zero-order valence-corrected chi connectivity index (χ0v) is 24.0. The Kier molecular flexibility index (Phi) is 7.27. The van der Waals surface area contributed by atoms with Crippen LogP contribution in [0.5, 0.6) is 11.5 Å². The van der Waals surface area contributed by atoms with Gasteiger partial charge in [0.05, 0.1) is 23.0 Å². The van der Waals surface area contributed by atoms with Crippen LogP contribution < -0.4 is 20.1 Å². The molecule has 0 aromatic heterocycles. The number of amides is 2. The number of hydrogen-bond acceptors (Lipinski definition) is 8. The molecule has 2 fully saturated rings. The molecular formula is C30H28N2O8S2. The van der Waals surface area contributed by atoms with Crippen LogP contribution in [0.25, 0.3) is 32.7 Å². The van der Waals surface area contributed by atoms with Crippen LogP contribution in [0.4, 0.5) is 9.59 Å². The van der Waals surface area contributed by atoms with Crippen molar-refractivity contribution in [2.45, 2.75) is 24.9 Å². The highest BCUT2D eigenvalue weighted by molar-refractivity contribution is 7.91. The van der Waals surface area contributed by atoms with Crippen LogP contribution in [-0.2, 0) is 19.7 Å². The number of carbonyl (C=O) groups excluding carboxylic acids is 2. The molecule has 2 aliphatic heterocycles. The molecule has 2 saturated heterocycles. The topological polar surface area (TPSA) is 145 Å². The van der Waals surface area contributed by atoms with E-state index in [1.165, 1.54) is 0 Å². The number of fused-ring (bicyclic) bond motifs is 2. The first kappa shape index (κ1) is 28.0. The summed E-state index contributed by atoms with van der Waals surface area (Å²) in [5.74, 6) is 0.563. The summed E-state index contributed by atoms with van der Waals surface area (Å²) in [5.41, 5.74) is 1.73. The highest BCUT2D eigenvalue weighted by Crippen LogP contribution is 2.40. The van der Waals surface area contributed by atoms with E-state index in [0.717, 1.165) is 21.9 Å². The van der Waals surface area contributed by atoms with Gasteiger partial charge in [0.2, 0.25) is 0 Å². The van der Waals surface area contributed by atoms with Crippen molar-refractivity contribution in [3.05, 3.63) is 72.8 Å². The number of hydrogen-bond donors (Lipinski definition) is 2. The molecular weight excluding hydrogens is 580 g/mol. The van der Waals surface area contributed by atoms with Gasteiger partial charge in [-0.2, -0.15) is 0 Å². The van der Waals surface area contributed by atoms with Gasteiger partial charge >= 0.3 is 12.2 Å². The van der Waals surface area contributed by atoms with Crippen molar-refractivity contribution in [3.8, 4) is 22.6 Å². The van der Waals surface area contributed by atoms with Crippen molar-refractivity contribution in [1.29, 1.82) is 0 Å². The highest BCUT2D eigenvalue weighted by Gasteiger charge is 2.30. The van der Waals surface area contributed by atoms with Crippen molar-refractivity contribution < 1.29 is 35.9 Å². The molecule has 0 aliphatic carbocycles. The van der Waals surface area contributed by atoms with Gasteiger partial charge in [0.25, 0.3) is 0 Å². The second-order valence-corrected chi connectivity index (χ2v) is 15.0. The molecule has 218 valence electrons. The first-order chi connectivity index (χ1) is 20.1. The van der Waals surface area contributed by atoms with Gasteiger partial charge in [0, 0.05) is 22.9 Å². The lowest BCUT2D eigenvalue weighted by Gasteiger charge is -2.16. The van der Waals surface area contributed by atoms with E-state index >= 15 is 0 Å². The molecule has 0 saturated carbocycles. The van der Waals surface area contributed by atoms with E-state index < -0.39 is 43.9 Å². The Balaban J connectivity index is 1.28. The lowest BCUT2D eigenvalue weighted by atomic mass is 9.93. The summed E-state index contributed by atoms with van der Waals surface area (Å²) in [6.45, 7) is 0. The van der Waals surface area contributed by atoms with E-state index in [2.05, 4.69) is 10.6 Å². The third-order valence-corrected chi connectivity index (χ3v) is 11.1. The Morgan fingerprint density at radius 3 is 1.31 bits per heavy atom. The van der Waals surface area contributed by atoms with Gasteiger partial charge in [-0.05, 0) is 46.9 Å². The van der Waals surface area contributed by atoms with E-state index in [4.69, 9.17) is 9.47 Å². The Morgan fingerprint density at radius 2 is 0.952 bits per heavy atom. The van der Waals surface area contributed by atoms with E-state index in [-0.39, 0.29) is 23.0 Å². The maximum absolute atomic E-state index is 12.6. The maximum atomic E-state index is 12.6. The van der Waals surface area contributed by atoms with Crippen molar-refractivity contribution in [3.63, 3.8) is 0 Å². The molecule has 4 aromatic carbocycles. The van der Waals surface area contributed by atoms with Gasteiger partial charge in [0.1, 0.15) is 11.5 Å². The number of rotatable bonds is 5. The lowest BCUT2D eigenvalue weighted by Crippen LogP contribution is -2.37. The standard InChI is InChI=1S/C30H28N2O8S2/c33-29(31-19-13-15-41(35,36)17-19)39-27-11-9-23(21-5-1-3-7-25(21)27)24-10-12-28(26-8-4-2-6-22(24)26)40-30(34)32-20-14-16-42(37,38)18-20/h1-12,19-20H,13-18H2,(H,31,33)(H,32,34)/t19-,20-/m1/s1. The van der Waals surface area contributed by atoms with Crippen LogP contribution >= 0.6 is 0 Å². The number of benzene rings is 4. The number of ether oxygens (including phenoxy) is 2. The number of sulfone groups is 2. The summed E-state index contributed by atoms with van der Waals surface area (Å²) in [5, 5.41) is 8.34. The molecule has 0 spiro atoms. The fraction of sp³-hybridized carbons (Fsp3) is 0.267. The minimum Gasteiger partial charge on any atom is -0.410 e. The van der Waals surface area contributed by atoms with Crippen LogP contribution in [-0.4, -0.2) is 64.1 Å². The van der Waals surface area contributed by atoms with Crippen LogP contribution in [0, 0.1) is 0 Å². The molecule has 12 heteroatoms. The molecule has 0 radical (unpaired) electrons. The highest BCUT2D eigenvalue weighted by atomic mass is 32.2. The largest absolute Gasteiger partial charge is 0.412 e. The Morgan fingerprint density at radius 1 is 0.571 bits per heavy atom. The molecule has 42 heavy (non-hydrogen) atoms. The molecule has 0 unspecified atom stereocenters. The summed E-state index contributed by atoms with van der Waals surface area (Å²) in [7, 11) is -6.29. The summed E-state index contributed by atoms with van der Waals surface area (Å²) in [6, 6.07) is 21.1. The van der Waals surface area contributed by atoms with Crippen molar-refractivity contribution in [2.24, 2.45) is 0 Å². The minimum absolute atomic E-state index is 0.0445. The van der Waals surface area contributed by atoms with E-state index in [9.17, 15) is 26.4 Å². The van der Waals surface area contributed by atoms with E-state index in [1.807, 2.05) is 60.7 Å². The van der Waals surface area contributed by atoms with Crippen LogP contribution in [0.3, 0.4) is 0 Å². The summed E-state index contributed by atoms with van der Waals surface area (Å²) in [4.78, 5) is 25.2. The smallest absolute Gasteiger partial charge is 0.410 e. The third kappa shape index (κ3) is 5.90. The molecule has 0 bridgehead atoms. The summed E-state index contributed by atoms with van der Waals surface area (Å²) >= 11 is 0. The first-order valence-corrected chi connectivity index (χ1v) is 17.1. The molecule has 2 atom stereocenters. The molecule has 2 amide bonds. The lowest BCUT2D eigenvalue weighted by molar-refractivity contribution is 0.196. The average molecular weight is 609 g/mol. The van der Waals surface area contributed by atoms with Crippen LogP contribution in [0.1, 0.15) is 12.8 Å². The molecule has 2 N–H and O–H groups in total. The second-order valence-electron chi connectivity index (χ2n) is 10.6. The second kappa shape index (κ2) is 10.9. The Labute approximate surface area is 242 Å². The van der Waals surface area contributed by atoms with Gasteiger partial charge in [-0.25, -0.2) is 26.4 Å². The maximum Gasteiger partial charge on any atom is 0.412 e. The van der Waals surface area contributed by atoms with Gasteiger partial charge in [-0.3, -0.25) is 0 Å². The van der Waals surface area contributed by atoms with Crippen molar-refractivity contribution >= 4 is 53.4 Å². The molecule has 10 nitrogen and oxygen atoms in total. The third-order valence-electron chi connectivity index (χ3n) is 7.57. The SMILES string of the molecule is O=C(N[C@@H]1CCS(=O)(=O)C1)Oc1ccc(-c2ccc(OC(=O)N[C@@H]3CCS(=O)(=O)C3)c3ccccc23)c2ccccc12. The monoisotopic (exact) mass is 608 g/mol. The summed E-state index contributed by atoms with van der Waals surface area (Å²) in [6.07, 6.45) is -0.715. The van der Waals surface area contributed by atoms with Crippen LogP contribution in [0.15, 0.2) is 72.8 Å². The minimum atomic E-state index is -3.15. The fourth-order valence-electron chi connectivity index (χ4n) is 5.60. The fourth-order valence-corrected chi connectivity index (χ4v) is 8.95. The van der Waals surface area contributed by atoms with Gasteiger partial charge in [-0.15, -0.1) is 0 Å². The Hall–Kier alpha value is -4.16. The number of nitrogens with one attached hydrogen (secondary N) is 2. The van der Waals surface area contributed by atoms with Crippen molar-refractivity contribution in [2.75, 3.05) is 23.0 Å². The predicted octanol–water partition coefficient (Wildman–Crippen LogP) is 4.21. The van der Waals surface area contributed by atoms with Gasteiger partial charge in [0.15, 0.2) is 19.7 Å². The quantitative estimate of drug-likeness (QED) is 0.343. The van der Waals surface area contributed by atoms with E-state index in [1.54, 1.807) is 12.1 Å². The zero-order chi connectivity index (χ0) is 29.5. The molecule has 2 aliphatic rings. The number of carbonyl (C=O) groups is 2. The molecule has 6 rings (SSSR count). The normalized spacial score (nSPS) is 20.8. The van der Waals surface area contributed by atoms with Gasteiger partial charge < -0.3 is 20.1 Å². The average Bonchev–Trinajstić information content (AvgIpc) is 3.48.